The van der Waals surface area contributed by atoms with E-state index in [1.54, 1.807) is 0 Å². The molecule has 1 atom stereocenters. The molecule has 0 radical (unpaired) electrons. The Balaban J connectivity index is 3.51. The molecule has 0 aliphatic rings. The van der Waals surface area contributed by atoms with Crippen LogP contribution in [0.4, 0.5) is 0 Å². The fourth-order valence-electron chi connectivity index (χ4n) is 1.22. The zero-order valence-corrected chi connectivity index (χ0v) is 8.60. The highest BCUT2D eigenvalue weighted by Gasteiger charge is 2.21. The van der Waals surface area contributed by atoms with Crippen LogP contribution < -0.4 is 0 Å². The molecule has 12 heavy (non-hydrogen) atoms. The van der Waals surface area contributed by atoms with Gasteiger partial charge in [0.2, 0.25) is 0 Å². The SMILES string of the molecule is CCCCCCC(C)(CC)N=O. The lowest BCUT2D eigenvalue weighted by molar-refractivity contribution is 0.396. The largest absolute Gasteiger partial charge is 0.150 e. The summed E-state index contributed by atoms with van der Waals surface area (Å²) in [5.41, 5.74) is -0.298. The molecule has 0 rings (SSSR count). The van der Waals surface area contributed by atoms with Crippen LogP contribution in [-0.2, 0) is 0 Å². The summed E-state index contributed by atoms with van der Waals surface area (Å²) in [5, 5.41) is 3.19. The molecule has 0 aliphatic carbocycles. The van der Waals surface area contributed by atoms with Crippen molar-refractivity contribution in [2.75, 3.05) is 0 Å². The number of rotatable bonds is 7. The minimum atomic E-state index is -0.298. The molecule has 0 aromatic carbocycles. The average molecular weight is 171 g/mol. The quantitative estimate of drug-likeness (QED) is 0.422. The van der Waals surface area contributed by atoms with Gasteiger partial charge in [0.15, 0.2) is 0 Å². The average Bonchev–Trinajstić information content (AvgIpc) is 2.12. The Morgan fingerprint density at radius 2 is 1.83 bits per heavy atom. The van der Waals surface area contributed by atoms with Crippen molar-refractivity contribution in [3.05, 3.63) is 4.91 Å². The summed E-state index contributed by atoms with van der Waals surface area (Å²) in [6.07, 6.45) is 6.72. The zero-order valence-electron chi connectivity index (χ0n) is 8.60. The van der Waals surface area contributed by atoms with Crippen LogP contribution >= 0.6 is 0 Å². The molecule has 0 saturated heterocycles. The Labute approximate surface area is 75.7 Å². The van der Waals surface area contributed by atoms with E-state index in [4.69, 9.17) is 0 Å². The van der Waals surface area contributed by atoms with Gasteiger partial charge in [-0.1, -0.05) is 44.7 Å². The number of nitroso groups, excluding NO2 is 1. The van der Waals surface area contributed by atoms with Crippen LogP contribution in [0.25, 0.3) is 0 Å². The van der Waals surface area contributed by atoms with Crippen molar-refractivity contribution < 1.29 is 0 Å². The molecule has 0 bridgehead atoms. The van der Waals surface area contributed by atoms with E-state index < -0.39 is 0 Å². The summed E-state index contributed by atoms with van der Waals surface area (Å²) < 4.78 is 0. The van der Waals surface area contributed by atoms with E-state index in [1.807, 2.05) is 13.8 Å². The van der Waals surface area contributed by atoms with E-state index in [-0.39, 0.29) is 5.54 Å². The molecule has 0 saturated carbocycles. The highest BCUT2D eigenvalue weighted by Crippen LogP contribution is 2.22. The molecule has 0 aliphatic heterocycles. The van der Waals surface area contributed by atoms with Gasteiger partial charge in [-0.2, -0.15) is 4.91 Å². The van der Waals surface area contributed by atoms with Crippen LogP contribution in [0, 0.1) is 4.91 Å². The lowest BCUT2D eigenvalue weighted by Gasteiger charge is -2.18. The van der Waals surface area contributed by atoms with Gasteiger partial charge in [0.1, 0.15) is 0 Å². The number of hydrogen-bond acceptors (Lipinski definition) is 2. The summed E-state index contributed by atoms with van der Waals surface area (Å²) in [5.74, 6) is 0. The first-order valence-electron chi connectivity index (χ1n) is 5.03. The molecule has 72 valence electrons. The molecule has 1 unspecified atom stereocenters. The van der Waals surface area contributed by atoms with E-state index in [9.17, 15) is 4.91 Å². The minimum Gasteiger partial charge on any atom is -0.150 e. The third-order valence-electron chi connectivity index (χ3n) is 2.55. The summed E-state index contributed by atoms with van der Waals surface area (Å²) in [4.78, 5) is 10.5. The first-order chi connectivity index (χ1) is 5.68. The molecule has 0 aromatic heterocycles. The Morgan fingerprint density at radius 3 is 2.25 bits per heavy atom. The standard InChI is InChI=1S/C10H21NO/c1-4-6-7-8-9-10(3,5-2)11-12/h4-9H2,1-3H3. The zero-order chi connectivity index (χ0) is 9.45. The minimum absolute atomic E-state index is 0.298. The fraction of sp³-hybridized carbons (Fsp3) is 1.00. The summed E-state index contributed by atoms with van der Waals surface area (Å²) in [6.45, 7) is 6.17. The normalized spacial score (nSPS) is 15.6. The molecule has 2 nitrogen and oxygen atoms in total. The van der Waals surface area contributed by atoms with Crippen LogP contribution in [0.5, 0.6) is 0 Å². The van der Waals surface area contributed by atoms with Gasteiger partial charge in [-0.15, -0.1) is 0 Å². The van der Waals surface area contributed by atoms with Gasteiger partial charge in [0.25, 0.3) is 0 Å². The van der Waals surface area contributed by atoms with Gasteiger partial charge in [0.05, 0.1) is 5.54 Å². The summed E-state index contributed by atoms with van der Waals surface area (Å²) >= 11 is 0. The van der Waals surface area contributed by atoms with Crippen molar-refractivity contribution in [2.24, 2.45) is 5.18 Å². The highest BCUT2D eigenvalue weighted by atomic mass is 16.3. The van der Waals surface area contributed by atoms with Crippen LogP contribution in [-0.4, -0.2) is 5.54 Å². The van der Waals surface area contributed by atoms with Gasteiger partial charge >= 0.3 is 0 Å². The Hall–Kier alpha value is -0.400. The monoisotopic (exact) mass is 171 g/mol. The maximum atomic E-state index is 10.5. The number of unbranched alkanes of at least 4 members (excludes halogenated alkanes) is 3. The van der Waals surface area contributed by atoms with E-state index in [0.29, 0.717) is 0 Å². The topological polar surface area (TPSA) is 29.4 Å². The van der Waals surface area contributed by atoms with E-state index in [2.05, 4.69) is 12.1 Å². The molecule has 2 heteroatoms. The Bertz CT molecular complexity index is 125. The van der Waals surface area contributed by atoms with Gasteiger partial charge in [-0.05, 0) is 19.8 Å². The van der Waals surface area contributed by atoms with Crippen molar-refractivity contribution in [3.63, 3.8) is 0 Å². The van der Waals surface area contributed by atoms with Gasteiger partial charge < -0.3 is 0 Å². The smallest absolute Gasteiger partial charge is 0.0996 e. The predicted molar refractivity (Wildman–Crippen MR) is 53.3 cm³/mol. The maximum Gasteiger partial charge on any atom is 0.0996 e. The molecular weight excluding hydrogens is 150 g/mol. The molecule has 0 aromatic rings. The molecule has 0 amide bonds. The van der Waals surface area contributed by atoms with Crippen molar-refractivity contribution in [1.29, 1.82) is 0 Å². The van der Waals surface area contributed by atoms with Crippen LogP contribution in [0.3, 0.4) is 0 Å². The van der Waals surface area contributed by atoms with Crippen LogP contribution in [0.15, 0.2) is 5.18 Å². The Morgan fingerprint density at radius 1 is 1.17 bits per heavy atom. The van der Waals surface area contributed by atoms with E-state index >= 15 is 0 Å². The first kappa shape index (κ1) is 11.6. The van der Waals surface area contributed by atoms with Crippen molar-refractivity contribution >= 4 is 0 Å². The van der Waals surface area contributed by atoms with Crippen LogP contribution in [0.2, 0.25) is 0 Å². The van der Waals surface area contributed by atoms with Gasteiger partial charge in [0, 0.05) is 0 Å². The molecule has 0 fully saturated rings. The summed E-state index contributed by atoms with van der Waals surface area (Å²) in [6, 6.07) is 0. The third-order valence-corrected chi connectivity index (χ3v) is 2.55. The Kier molecular flexibility index (Phi) is 5.95. The first-order valence-corrected chi connectivity index (χ1v) is 5.03. The number of hydrogen-bond donors (Lipinski definition) is 0. The van der Waals surface area contributed by atoms with Gasteiger partial charge in [-0.3, -0.25) is 0 Å². The predicted octanol–water partition coefficient (Wildman–Crippen LogP) is 3.89. The van der Waals surface area contributed by atoms with Crippen molar-refractivity contribution in [1.82, 2.24) is 0 Å². The van der Waals surface area contributed by atoms with Gasteiger partial charge in [-0.25, -0.2) is 0 Å². The number of nitrogens with zero attached hydrogens (tertiary/aromatic N) is 1. The lowest BCUT2D eigenvalue weighted by atomic mass is 9.93. The van der Waals surface area contributed by atoms with E-state index in [0.717, 1.165) is 19.3 Å². The van der Waals surface area contributed by atoms with Crippen molar-refractivity contribution in [3.8, 4) is 0 Å². The van der Waals surface area contributed by atoms with Crippen molar-refractivity contribution in [2.45, 2.75) is 64.8 Å². The molecular formula is C10H21NO. The second kappa shape index (κ2) is 6.15. The lowest BCUT2D eigenvalue weighted by Crippen LogP contribution is -2.19. The second-order valence-corrected chi connectivity index (χ2v) is 3.75. The summed E-state index contributed by atoms with van der Waals surface area (Å²) in [7, 11) is 0. The highest BCUT2D eigenvalue weighted by molar-refractivity contribution is 4.80. The maximum absolute atomic E-state index is 10.5. The third kappa shape index (κ3) is 4.47. The molecule has 0 N–H and O–H groups in total. The second-order valence-electron chi connectivity index (χ2n) is 3.75. The fourth-order valence-corrected chi connectivity index (χ4v) is 1.22. The van der Waals surface area contributed by atoms with Crippen LogP contribution in [0.1, 0.15) is 59.3 Å². The van der Waals surface area contributed by atoms with E-state index in [1.165, 1.54) is 19.3 Å². The molecule has 0 spiro atoms. The molecule has 0 heterocycles.